The molecule has 0 spiro atoms. The van der Waals surface area contributed by atoms with Gasteiger partial charge in [0.05, 0.1) is 18.8 Å². The fraction of sp³-hybridized carbons (Fsp3) is 0.500. The minimum Gasteiger partial charge on any atom is -0.424 e. The summed E-state index contributed by atoms with van der Waals surface area (Å²) in [5.41, 5.74) is 2.11. The van der Waals surface area contributed by atoms with Crippen LogP contribution in [0.4, 0.5) is 0 Å². The molecule has 0 radical (unpaired) electrons. The second-order valence-corrected chi connectivity index (χ2v) is 5.67. The van der Waals surface area contributed by atoms with Gasteiger partial charge in [-0.1, -0.05) is 24.3 Å². The van der Waals surface area contributed by atoms with Crippen molar-refractivity contribution in [3.63, 3.8) is 0 Å². The Hall–Kier alpha value is -1.76. The fourth-order valence-corrected chi connectivity index (χ4v) is 2.90. The smallest absolute Gasteiger partial charge is 0.233 e. The highest BCUT2D eigenvalue weighted by molar-refractivity contribution is 5.22. The summed E-state index contributed by atoms with van der Waals surface area (Å²) < 4.78 is 11.1. The lowest BCUT2D eigenvalue weighted by molar-refractivity contribution is 0.107. The first kappa shape index (κ1) is 15.1. The van der Waals surface area contributed by atoms with Crippen molar-refractivity contribution in [3.8, 4) is 0 Å². The van der Waals surface area contributed by atoms with E-state index in [9.17, 15) is 0 Å². The first-order valence-corrected chi connectivity index (χ1v) is 7.45. The van der Waals surface area contributed by atoms with Gasteiger partial charge in [0.15, 0.2) is 0 Å². The molecule has 1 aliphatic rings. The van der Waals surface area contributed by atoms with Crippen molar-refractivity contribution < 1.29 is 14.3 Å². The zero-order valence-corrected chi connectivity index (χ0v) is 12.9. The van der Waals surface area contributed by atoms with Crippen LogP contribution >= 0.6 is 0 Å². The Balaban J connectivity index is 1.76. The third kappa shape index (κ3) is 3.19. The number of aromatic nitrogens is 2. The van der Waals surface area contributed by atoms with Crippen LogP contribution in [0.25, 0.3) is 0 Å². The van der Waals surface area contributed by atoms with Gasteiger partial charge in [0.2, 0.25) is 11.8 Å². The van der Waals surface area contributed by atoms with Gasteiger partial charge >= 0.3 is 0 Å². The number of aliphatic hydroxyl groups is 1. The van der Waals surface area contributed by atoms with Crippen molar-refractivity contribution in [1.29, 1.82) is 0 Å². The molecule has 0 aliphatic carbocycles. The fourth-order valence-electron chi connectivity index (χ4n) is 2.90. The molecule has 6 heteroatoms. The zero-order chi connectivity index (χ0) is 15.5. The summed E-state index contributed by atoms with van der Waals surface area (Å²) in [4.78, 5) is 2.30. The number of hydrogen-bond donors (Lipinski definition) is 1. The summed E-state index contributed by atoms with van der Waals surface area (Å²) in [5.74, 6) is 1.24. The molecule has 1 fully saturated rings. The third-order valence-electron chi connectivity index (χ3n) is 4.12. The van der Waals surface area contributed by atoms with Crippen LogP contribution in [0.5, 0.6) is 0 Å². The summed E-state index contributed by atoms with van der Waals surface area (Å²) in [5, 5.41) is 17.2. The highest BCUT2D eigenvalue weighted by Crippen LogP contribution is 2.33. The summed E-state index contributed by atoms with van der Waals surface area (Å²) in [6, 6.07) is 8.07. The van der Waals surface area contributed by atoms with Gasteiger partial charge in [-0.3, -0.25) is 4.90 Å². The molecule has 1 N–H and O–H groups in total. The summed E-state index contributed by atoms with van der Waals surface area (Å²) in [6.07, 6.45) is 1.03. The number of hydrogen-bond acceptors (Lipinski definition) is 6. The van der Waals surface area contributed by atoms with E-state index in [0.717, 1.165) is 25.1 Å². The van der Waals surface area contributed by atoms with Crippen molar-refractivity contribution in [2.75, 3.05) is 13.7 Å². The van der Waals surface area contributed by atoms with Crippen LogP contribution in [0.2, 0.25) is 0 Å². The maximum atomic E-state index is 9.12. The van der Waals surface area contributed by atoms with Gasteiger partial charge in [-0.25, -0.2) is 0 Å². The number of aliphatic hydroxyl groups excluding tert-OH is 1. The SMILES string of the molecule is CO[C@@H]1C[C@H](c2nnc(C)o2)N(Cc2ccc(CO)cc2)C1. The number of methoxy groups -OCH3 is 1. The molecule has 1 saturated heterocycles. The van der Waals surface area contributed by atoms with Crippen LogP contribution in [-0.4, -0.2) is 40.0 Å². The lowest BCUT2D eigenvalue weighted by Crippen LogP contribution is -2.25. The van der Waals surface area contributed by atoms with Crippen molar-refractivity contribution in [2.45, 2.75) is 38.6 Å². The Kier molecular flexibility index (Phi) is 4.52. The first-order valence-electron chi connectivity index (χ1n) is 7.45. The van der Waals surface area contributed by atoms with Gasteiger partial charge < -0.3 is 14.3 Å². The molecule has 2 heterocycles. The van der Waals surface area contributed by atoms with Crippen LogP contribution in [0.3, 0.4) is 0 Å². The van der Waals surface area contributed by atoms with Gasteiger partial charge in [0.25, 0.3) is 0 Å². The average Bonchev–Trinajstić information content (AvgIpc) is 3.14. The predicted octanol–water partition coefficient (Wildman–Crippen LogP) is 1.83. The third-order valence-corrected chi connectivity index (χ3v) is 4.12. The van der Waals surface area contributed by atoms with E-state index in [1.54, 1.807) is 14.0 Å². The molecule has 6 nitrogen and oxygen atoms in total. The average molecular weight is 303 g/mol. The van der Waals surface area contributed by atoms with E-state index >= 15 is 0 Å². The van der Waals surface area contributed by atoms with Gasteiger partial charge in [0.1, 0.15) is 0 Å². The van der Waals surface area contributed by atoms with Crippen LogP contribution in [0.1, 0.15) is 35.4 Å². The Morgan fingerprint density at radius 1 is 1.27 bits per heavy atom. The van der Waals surface area contributed by atoms with Crippen LogP contribution in [0, 0.1) is 6.92 Å². The quantitative estimate of drug-likeness (QED) is 0.908. The number of rotatable bonds is 5. The molecule has 1 aromatic carbocycles. The van der Waals surface area contributed by atoms with Gasteiger partial charge in [-0.05, 0) is 17.5 Å². The van der Waals surface area contributed by atoms with Crippen molar-refractivity contribution in [2.24, 2.45) is 0 Å². The second kappa shape index (κ2) is 6.56. The Morgan fingerprint density at radius 2 is 2.00 bits per heavy atom. The molecule has 118 valence electrons. The normalized spacial score (nSPS) is 22.3. The summed E-state index contributed by atoms with van der Waals surface area (Å²) >= 11 is 0. The predicted molar refractivity (Wildman–Crippen MR) is 80.0 cm³/mol. The van der Waals surface area contributed by atoms with E-state index in [0.29, 0.717) is 11.8 Å². The number of benzene rings is 1. The van der Waals surface area contributed by atoms with Crippen LogP contribution in [0.15, 0.2) is 28.7 Å². The van der Waals surface area contributed by atoms with E-state index < -0.39 is 0 Å². The molecule has 1 aromatic heterocycles. The molecule has 22 heavy (non-hydrogen) atoms. The first-order chi connectivity index (χ1) is 10.7. The lowest BCUT2D eigenvalue weighted by Gasteiger charge is -2.21. The van der Waals surface area contributed by atoms with Crippen molar-refractivity contribution >= 4 is 0 Å². The second-order valence-electron chi connectivity index (χ2n) is 5.67. The number of likely N-dealkylation sites (tertiary alicyclic amines) is 1. The van der Waals surface area contributed by atoms with E-state index in [1.165, 1.54) is 5.56 Å². The summed E-state index contributed by atoms with van der Waals surface area (Å²) in [6.45, 7) is 3.50. The van der Waals surface area contributed by atoms with Crippen LogP contribution < -0.4 is 0 Å². The van der Waals surface area contributed by atoms with E-state index in [2.05, 4.69) is 15.1 Å². The molecular weight excluding hydrogens is 282 g/mol. The molecule has 2 aromatic rings. The van der Waals surface area contributed by atoms with Gasteiger partial charge in [-0.15, -0.1) is 10.2 Å². The zero-order valence-electron chi connectivity index (χ0n) is 12.9. The van der Waals surface area contributed by atoms with Gasteiger partial charge in [0, 0.05) is 27.1 Å². The molecule has 3 rings (SSSR count). The molecule has 2 atom stereocenters. The van der Waals surface area contributed by atoms with Crippen molar-refractivity contribution in [1.82, 2.24) is 15.1 Å². The highest BCUT2D eigenvalue weighted by Gasteiger charge is 2.36. The Labute approximate surface area is 129 Å². The van der Waals surface area contributed by atoms with E-state index in [-0.39, 0.29) is 18.8 Å². The van der Waals surface area contributed by atoms with E-state index in [1.807, 2.05) is 24.3 Å². The number of aryl methyl sites for hydroxylation is 1. The molecule has 0 amide bonds. The largest absolute Gasteiger partial charge is 0.424 e. The van der Waals surface area contributed by atoms with Gasteiger partial charge in [-0.2, -0.15) is 0 Å². The minimum absolute atomic E-state index is 0.0691. The van der Waals surface area contributed by atoms with Crippen LogP contribution in [-0.2, 0) is 17.9 Å². The number of ether oxygens (including phenoxy) is 1. The molecule has 0 unspecified atom stereocenters. The maximum Gasteiger partial charge on any atom is 0.233 e. The Bertz CT molecular complexity index is 611. The maximum absolute atomic E-state index is 9.12. The highest BCUT2D eigenvalue weighted by atomic mass is 16.5. The van der Waals surface area contributed by atoms with Crippen molar-refractivity contribution in [3.05, 3.63) is 47.2 Å². The molecule has 0 saturated carbocycles. The minimum atomic E-state index is 0.0691. The topological polar surface area (TPSA) is 71.6 Å². The summed E-state index contributed by atoms with van der Waals surface area (Å²) in [7, 11) is 1.74. The standard InChI is InChI=1S/C16H21N3O3/c1-11-17-18-16(22-11)15-7-14(21-2)9-19(15)8-12-3-5-13(10-20)6-4-12/h3-6,14-15,20H,7-10H2,1-2H3/t14-,15-/m1/s1. The van der Waals surface area contributed by atoms with E-state index in [4.69, 9.17) is 14.3 Å². The Morgan fingerprint density at radius 3 is 2.59 bits per heavy atom. The molecular formula is C16H21N3O3. The molecule has 1 aliphatic heterocycles. The lowest BCUT2D eigenvalue weighted by atomic mass is 10.1. The monoisotopic (exact) mass is 303 g/mol. The molecule has 0 bridgehead atoms. The number of nitrogens with zero attached hydrogens (tertiary/aromatic N) is 3.